The van der Waals surface area contributed by atoms with E-state index in [0.717, 1.165) is 0 Å². The van der Waals surface area contributed by atoms with Crippen molar-refractivity contribution < 1.29 is 18.1 Å². The van der Waals surface area contributed by atoms with E-state index in [-0.39, 0.29) is 29.9 Å². The average molecular weight is 397 g/mol. The summed E-state index contributed by atoms with van der Waals surface area (Å²) in [5.41, 5.74) is 1.72. The number of nitrogens with zero attached hydrogens (tertiary/aromatic N) is 2. The molecule has 0 bridgehead atoms. The summed E-state index contributed by atoms with van der Waals surface area (Å²) in [6, 6.07) is 13.4. The molecule has 1 amide bonds. The fraction of sp³-hybridized carbons (Fsp3) is 0.0500. The molecule has 0 saturated heterocycles. The van der Waals surface area contributed by atoms with Crippen LogP contribution < -0.4 is 5.32 Å². The number of amides is 1. The van der Waals surface area contributed by atoms with E-state index >= 15 is 0 Å². The van der Waals surface area contributed by atoms with Gasteiger partial charge in [0.25, 0.3) is 5.89 Å². The molecule has 0 unspecified atom stereocenters. The van der Waals surface area contributed by atoms with Crippen LogP contribution in [-0.2, 0) is 11.2 Å². The van der Waals surface area contributed by atoms with Crippen molar-refractivity contribution in [2.75, 3.05) is 5.32 Å². The van der Waals surface area contributed by atoms with Crippen molar-refractivity contribution >= 4 is 22.9 Å². The van der Waals surface area contributed by atoms with Crippen LogP contribution in [-0.4, -0.2) is 16.0 Å². The van der Waals surface area contributed by atoms with Gasteiger partial charge in [-0.2, -0.15) is 4.98 Å². The summed E-state index contributed by atoms with van der Waals surface area (Å²) in [5.74, 6) is -0.464. The van der Waals surface area contributed by atoms with Crippen molar-refractivity contribution in [2.24, 2.45) is 0 Å². The van der Waals surface area contributed by atoms with Crippen LogP contribution in [0.4, 0.5) is 14.5 Å². The number of rotatable bonds is 5. The molecular weight excluding hydrogens is 384 g/mol. The Bertz CT molecular complexity index is 1120. The van der Waals surface area contributed by atoms with Crippen LogP contribution in [0.2, 0.25) is 0 Å². The predicted molar refractivity (Wildman–Crippen MR) is 102 cm³/mol. The van der Waals surface area contributed by atoms with Crippen LogP contribution in [0.15, 0.2) is 64.5 Å². The Kier molecular flexibility index (Phi) is 4.94. The molecule has 0 radical (unpaired) electrons. The standard InChI is InChI=1S/C20H13F2N3O2S/c21-14-6-4-13(5-7-14)19-24-20(27-25-19)18-16(8-9-28-18)23-17(26)11-12-2-1-3-15(22)10-12/h1-10H,11H2,(H,23,26). The first kappa shape index (κ1) is 18.0. The van der Waals surface area contributed by atoms with Crippen molar-refractivity contribution in [1.29, 1.82) is 0 Å². The van der Waals surface area contributed by atoms with Crippen LogP contribution in [0.3, 0.4) is 0 Å². The van der Waals surface area contributed by atoms with Gasteiger partial charge < -0.3 is 9.84 Å². The third-order valence-electron chi connectivity index (χ3n) is 3.92. The smallest absolute Gasteiger partial charge is 0.270 e. The summed E-state index contributed by atoms with van der Waals surface area (Å²) in [7, 11) is 0. The molecule has 0 aliphatic carbocycles. The minimum Gasteiger partial charge on any atom is -0.333 e. The largest absolute Gasteiger partial charge is 0.333 e. The molecule has 0 atom stereocenters. The van der Waals surface area contributed by atoms with Crippen LogP contribution >= 0.6 is 11.3 Å². The maximum atomic E-state index is 13.3. The molecule has 4 rings (SSSR count). The van der Waals surface area contributed by atoms with Crippen molar-refractivity contribution in [3.63, 3.8) is 0 Å². The Morgan fingerprint density at radius 3 is 2.68 bits per heavy atom. The molecule has 0 aliphatic rings. The predicted octanol–water partition coefficient (Wildman–Crippen LogP) is 4.92. The number of anilines is 1. The number of benzene rings is 2. The molecule has 5 nitrogen and oxygen atoms in total. The quantitative estimate of drug-likeness (QED) is 0.519. The first-order chi connectivity index (χ1) is 13.6. The average Bonchev–Trinajstić information content (AvgIpc) is 3.31. The minimum absolute atomic E-state index is 0.0394. The van der Waals surface area contributed by atoms with E-state index in [1.54, 1.807) is 35.7 Å². The highest BCUT2D eigenvalue weighted by atomic mass is 32.1. The van der Waals surface area contributed by atoms with Gasteiger partial charge in [0.1, 0.15) is 16.5 Å². The summed E-state index contributed by atoms with van der Waals surface area (Å²) >= 11 is 1.33. The number of carbonyl (C=O) groups excluding carboxylic acids is 1. The number of hydrogen-bond donors (Lipinski definition) is 1. The minimum atomic E-state index is -0.388. The Morgan fingerprint density at radius 2 is 1.89 bits per heavy atom. The Labute approximate surface area is 162 Å². The molecule has 0 spiro atoms. The summed E-state index contributed by atoms with van der Waals surface area (Å²) < 4.78 is 31.6. The van der Waals surface area contributed by atoms with Gasteiger partial charge in [-0.15, -0.1) is 11.3 Å². The third-order valence-corrected chi connectivity index (χ3v) is 4.82. The highest BCUT2D eigenvalue weighted by Crippen LogP contribution is 2.33. The van der Waals surface area contributed by atoms with Crippen molar-refractivity contribution in [2.45, 2.75) is 6.42 Å². The van der Waals surface area contributed by atoms with Crippen LogP contribution in [0.25, 0.3) is 22.2 Å². The number of halogens is 2. The fourth-order valence-corrected chi connectivity index (χ4v) is 3.40. The van der Waals surface area contributed by atoms with Crippen LogP contribution in [0.5, 0.6) is 0 Å². The van der Waals surface area contributed by atoms with Gasteiger partial charge >= 0.3 is 0 Å². The second-order valence-corrected chi connectivity index (χ2v) is 6.86. The molecular formula is C20H13F2N3O2S. The topological polar surface area (TPSA) is 68.0 Å². The molecule has 140 valence electrons. The fourth-order valence-electron chi connectivity index (χ4n) is 2.63. The Hall–Kier alpha value is -3.39. The van der Waals surface area contributed by atoms with Gasteiger partial charge in [0.2, 0.25) is 11.7 Å². The lowest BCUT2D eigenvalue weighted by Gasteiger charge is -2.05. The summed E-state index contributed by atoms with van der Waals surface area (Å²) in [6.45, 7) is 0. The SMILES string of the molecule is O=C(Cc1cccc(F)c1)Nc1ccsc1-c1nc(-c2ccc(F)cc2)no1. The molecule has 2 aromatic heterocycles. The second-order valence-electron chi connectivity index (χ2n) is 5.95. The highest BCUT2D eigenvalue weighted by Gasteiger charge is 2.17. The van der Waals surface area contributed by atoms with E-state index < -0.39 is 0 Å². The molecule has 0 saturated carbocycles. The monoisotopic (exact) mass is 397 g/mol. The maximum Gasteiger partial charge on any atom is 0.270 e. The lowest BCUT2D eigenvalue weighted by Crippen LogP contribution is -2.14. The summed E-state index contributed by atoms with van der Waals surface area (Å²) in [5, 5.41) is 8.49. The van der Waals surface area contributed by atoms with Crippen molar-refractivity contribution in [1.82, 2.24) is 10.1 Å². The highest BCUT2D eigenvalue weighted by molar-refractivity contribution is 7.14. The maximum absolute atomic E-state index is 13.3. The lowest BCUT2D eigenvalue weighted by molar-refractivity contribution is -0.115. The van der Waals surface area contributed by atoms with Gasteiger partial charge in [-0.05, 0) is 53.4 Å². The molecule has 1 N–H and O–H groups in total. The van der Waals surface area contributed by atoms with E-state index in [4.69, 9.17) is 4.52 Å². The van der Waals surface area contributed by atoms with E-state index in [1.807, 2.05) is 0 Å². The second kappa shape index (κ2) is 7.69. The first-order valence-corrected chi connectivity index (χ1v) is 9.18. The zero-order valence-electron chi connectivity index (χ0n) is 14.4. The van der Waals surface area contributed by atoms with E-state index in [1.165, 1.54) is 35.6 Å². The van der Waals surface area contributed by atoms with Gasteiger partial charge in [-0.3, -0.25) is 4.79 Å². The molecule has 4 aromatic rings. The molecule has 28 heavy (non-hydrogen) atoms. The molecule has 2 aromatic carbocycles. The third kappa shape index (κ3) is 3.96. The van der Waals surface area contributed by atoms with Gasteiger partial charge in [0.15, 0.2) is 0 Å². The van der Waals surface area contributed by atoms with Gasteiger partial charge in [-0.1, -0.05) is 17.3 Å². The molecule has 0 aliphatic heterocycles. The van der Waals surface area contributed by atoms with E-state index in [9.17, 15) is 13.6 Å². The van der Waals surface area contributed by atoms with Gasteiger partial charge in [-0.25, -0.2) is 8.78 Å². The zero-order valence-corrected chi connectivity index (χ0v) is 15.2. The van der Waals surface area contributed by atoms with Crippen LogP contribution in [0.1, 0.15) is 5.56 Å². The number of carbonyl (C=O) groups is 1. The van der Waals surface area contributed by atoms with E-state index in [0.29, 0.717) is 27.5 Å². The van der Waals surface area contributed by atoms with Crippen LogP contribution in [0, 0.1) is 11.6 Å². The number of nitrogens with one attached hydrogen (secondary N) is 1. The van der Waals surface area contributed by atoms with Crippen molar-refractivity contribution in [3.8, 4) is 22.2 Å². The summed E-state index contributed by atoms with van der Waals surface area (Å²) in [4.78, 5) is 17.2. The lowest BCUT2D eigenvalue weighted by atomic mass is 10.1. The molecule has 2 heterocycles. The molecule has 8 heteroatoms. The van der Waals surface area contributed by atoms with Crippen molar-refractivity contribution in [3.05, 3.63) is 77.2 Å². The molecule has 0 fully saturated rings. The summed E-state index contributed by atoms with van der Waals surface area (Å²) in [6.07, 6.45) is 0.0394. The normalized spacial score (nSPS) is 10.8. The van der Waals surface area contributed by atoms with Gasteiger partial charge in [0.05, 0.1) is 12.1 Å². The Balaban J connectivity index is 1.51. The van der Waals surface area contributed by atoms with E-state index in [2.05, 4.69) is 15.5 Å². The van der Waals surface area contributed by atoms with Gasteiger partial charge in [0, 0.05) is 5.56 Å². The zero-order chi connectivity index (χ0) is 19.5. The number of thiophene rings is 1. The Morgan fingerprint density at radius 1 is 1.07 bits per heavy atom. The first-order valence-electron chi connectivity index (χ1n) is 8.30. The number of hydrogen-bond acceptors (Lipinski definition) is 5. The number of aromatic nitrogens is 2.